The van der Waals surface area contributed by atoms with Crippen LogP contribution in [0.4, 0.5) is 15.4 Å². The molecule has 1 aromatic heterocycles. The van der Waals surface area contributed by atoms with Gasteiger partial charge in [0.05, 0.1) is 6.54 Å². The van der Waals surface area contributed by atoms with Crippen molar-refractivity contribution in [1.29, 1.82) is 0 Å². The number of amides is 2. The minimum Gasteiger partial charge on any atom is -0.444 e. The van der Waals surface area contributed by atoms with Gasteiger partial charge < -0.3 is 14.4 Å². The van der Waals surface area contributed by atoms with Crippen LogP contribution in [-0.2, 0) is 22.4 Å². The first-order chi connectivity index (χ1) is 16.7. The summed E-state index contributed by atoms with van der Waals surface area (Å²) >= 11 is 0. The zero-order valence-electron chi connectivity index (χ0n) is 23.0. The molecule has 0 bridgehead atoms. The lowest BCUT2D eigenvalue weighted by Crippen LogP contribution is -2.37. The number of benzene rings is 1. The second-order valence-corrected chi connectivity index (χ2v) is 11.9. The first kappa shape index (κ1) is 27.5. The quantitative estimate of drug-likeness (QED) is 0.481. The van der Waals surface area contributed by atoms with Crippen molar-refractivity contribution in [1.82, 2.24) is 9.88 Å². The number of rotatable bonds is 5. The van der Waals surface area contributed by atoms with Crippen LogP contribution in [0.5, 0.6) is 0 Å². The Morgan fingerprint density at radius 2 is 1.64 bits per heavy atom. The molecular formula is C29H41N3O4. The predicted octanol–water partition coefficient (Wildman–Crippen LogP) is 6.38. The molecule has 2 heterocycles. The molecule has 1 saturated heterocycles. The molecule has 7 nitrogen and oxygen atoms in total. The van der Waals surface area contributed by atoms with Gasteiger partial charge in [0.1, 0.15) is 17.0 Å². The van der Waals surface area contributed by atoms with Gasteiger partial charge in [-0.25, -0.2) is 14.6 Å². The molecule has 0 saturated carbocycles. The average molecular weight is 496 g/mol. The molecule has 1 aliphatic rings. The van der Waals surface area contributed by atoms with Crippen molar-refractivity contribution in [2.45, 2.75) is 79.6 Å². The lowest BCUT2D eigenvalue weighted by molar-refractivity contribution is 0.0284. The monoisotopic (exact) mass is 495 g/mol. The lowest BCUT2D eigenvalue weighted by Gasteiger charge is -2.27. The third-order valence-corrected chi connectivity index (χ3v) is 5.97. The maximum Gasteiger partial charge on any atom is 0.416 e. The SMILES string of the molecule is Cc1cc(CC2CN(C(=O)OC(C)(C)C)CC2C)nc(N(Cc2ccccc2)C(=O)OC(C)(C)C)c1. The Morgan fingerprint density at radius 1 is 1.00 bits per heavy atom. The number of nitrogens with zero attached hydrogens (tertiary/aromatic N) is 3. The molecule has 3 rings (SSSR count). The van der Waals surface area contributed by atoms with Crippen LogP contribution in [0.1, 0.15) is 65.3 Å². The van der Waals surface area contributed by atoms with Crippen molar-refractivity contribution in [2.75, 3.05) is 18.0 Å². The molecule has 2 unspecified atom stereocenters. The number of carbonyl (C=O) groups excluding carboxylic acids is 2. The smallest absolute Gasteiger partial charge is 0.416 e. The van der Waals surface area contributed by atoms with Crippen molar-refractivity contribution >= 4 is 18.0 Å². The number of ether oxygens (including phenoxy) is 2. The fraction of sp³-hybridized carbons (Fsp3) is 0.552. The van der Waals surface area contributed by atoms with E-state index in [1.165, 1.54) is 0 Å². The van der Waals surface area contributed by atoms with Crippen LogP contribution in [0, 0.1) is 18.8 Å². The van der Waals surface area contributed by atoms with Crippen molar-refractivity contribution in [3.05, 3.63) is 59.3 Å². The topological polar surface area (TPSA) is 72.0 Å². The maximum atomic E-state index is 13.2. The van der Waals surface area contributed by atoms with Crippen LogP contribution < -0.4 is 4.90 Å². The van der Waals surface area contributed by atoms with E-state index in [0.29, 0.717) is 37.8 Å². The Kier molecular flexibility index (Phi) is 8.32. The van der Waals surface area contributed by atoms with Crippen molar-refractivity contribution < 1.29 is 19.1 Å². The number of aromatic nitrogens is 1. The zero-order chi connectivity index (χ0) is 26.7. The summed E-state index contributed by atoms with van der Waals surface area (Å²) in [6.07, 6.45) is 0.0114. The molecule has 0 spiro atoms. The van der Waals surface area contributed by atoms with Crippen LogP contribution >= 0.6 is 0 Å². The largest absolute Gasteiger partial charge is 0.444 e. The molecule has 1 aromatic carbocycles. The Hall–Kier alpha value is -3.09. The third kappa shape index (κ3) is 7.97. The summed E-state index contributed by atoms with van der Waals surface area (Å²) in [5.74, 6) is 1.14. The molecule has 1 fully saturated rings. The molecule has 1 aliphatic heterocycles. The first-order valence-corrected chi connectivity index (χ1v) is 12.7. The molecule has 2 atom stereocenters. The van der Waals surface area contributed by atoms with Crippen LogP contribution in [-0.4, -0.2) is 46.4 Å². The Labute approximate surface area is 215 Å². The fourth-order valence-corrected chi connectivity index (χ4v) is 4.33. The molecule has 2 aromatic rings. The van der Waals surface area contributed by atoms with Gasteiger partial charge in [0, 0.05) is 18.8 Å². The van der Waals surface area contributed by atoms with E-state index >= 15 is 0 Å². The summed E-state index contributed by atoms with van der Waals surface area (Å²) in [5.41, 5.74) is 1.77. The summed E-state index contributed by atoms with van der Waals surface area (Å²) in [6.45, 7) is 17.0. The van der Waals surface area contributed by atoms with Gasteiger partial charge in [-0.2, -0.15) is 0 Å². The minimum absolute atomic E-state index is 0.253. The van der Waals surface area contributed by atoms with Crippen molar-refractivity contribution in [2.24, 2.45) is 11.8 Å². The van der Waals surface area contributed by atoms with E-state index in [0.717, 1.165) is 16.8 Å². The Balaban J connectivity index is 1.82. The highest BCUT2D eigenvalue weighted by molar-refractivity contribution is 5.86. The second-order valence-electron chi connectivity index (χ2n) is 11.9. The van der Waals surface area contributed by atoms with Gasteiger partial charge in [-0.05, 0) is 90.0 Å². The molecule has 196 valence electrons. The number of anilines is 1. The van der Waals surface area contributed by atoms with E-state index in [2.05, 4.69) is 13.0 Å². The standard InChI is InChI=1S/C29H41N3O4/c1-20-14-24(16-23-19-31(17-21(23)2)26(33)35-28(3,4)5)30-25(15-20)32(27(34)36-29(6,7)8)18-22-12-10-9-11-13-22/h9-15,21,23H,16-19H2,1-8H3. The molecule has 36 heavy (non-hydrogen) atoms. The van der Waals surface area contributed by atoms with E-state index < -0.39 is 17.3 Å². The molecule has 2 amide bonds. The molecular weight excluding hydrogens is 454 g/mol. The van der Waals surface area contributed by atoms with E-state index in [-0.39, 0.29) is 12.0 Å². The number of hydrogen-bond donors (Lipinski definition) is 0. The third-order valence-electron chi connectivity index (χ3n) is 5.97. The summed E-state index contributed by atoms with van der Waals surface area (Å²) < 4.78 is 11.3. The van der Waals surface area contributed by atoms with Gasteiger partial charge in [-0.3, -0.25) is 4.90 Å². The number of carbonyl (C=O) groups is 2. The van der Waals surface area contributed by atoms with Gasteiger partial charge in [0.25, 0.3) is 0 Å². The molecule has 7 heteroatoms. The van der Waals surface area contributed by atoms with Gasteiger partial charge in [-0.15, -0.1) is 0 Å². The number of pyridine rings is 1. The van der Waals surface area contributed by atoms with Crippen LogP contribution in [0.25, 0.3) is 0 Å². The zero-order valence-corrected chi connectivity index (χ0v) is 23.0. The highest BCUT2D eigenvalue weighted by Crippen LogP contribution is 2.29. The van der Waals surface area contributed by atoms with E-state index in [9.17, 15) is 9.59 Å². The van der Waals surface area contributed by atoms with E-state index in [4.69, 9.17) is 14.5 Å². The van der Waals surface area contributed by atoms with E-state index in [1.54, 1.807) is 9.80 Å². The molecule has 0 N–H and O–H groups in total. The predicted molar refractivity (Wildman–Crippen MR) is 142 cm³/mol. The van der Waals surface area contributed by atoms with Crippen molar-refractivity contribution in [3.63, 3.8) is 0 Å². The van der Waals surface area contributed by atoms with Gasteiger partial charge >= 0.3 is 12.2 Å². The van der Waals surface area contributed by atoms with Crippen molar-refractivity contribution in [3.8, 4) is 0 Å². The summed E-state index contributed by atoms with van der Waals surface area (Å²) in [7, 11) is 0. The average Bonchev–Trinajstić information content (AvgIpc) is 3.10. The summed E-state index contributed by atoms with van der Waals surface area (Å²) in [5, 5.41) is 0. The minimum atomic E-state index is -0.622. The number of hydrogen-bond acceptors (Lipinski definition) is 5. The lowest BCUT2D eigenvalue weighted by atomic mass is 9.93. The van der Waals surface area contributed by atoms with E-state index in [1.807, 2.05) is 84.9 Å². The van der Waals surface area contributed by atoms with Crippen LogP contribution in [0.15, 0.2) is 42.5 Å². The highest BCUT2D eigenvalue weighted by atomic mass is 16.6. The van der Waals surface area contributed by atoms with Crippen LogP contribution in [0.3, 0.4) is 0 Å². The van der Waals surface area contributed by atoms with Gasteiger partial charge in [0.15, 0.2) is 0 Å². The fourth-order valence-electron chi connectivity index (χ4n) is 4.33. The Morgan fingerprint density at radius 3 is 2.25 bits per heavy atom. The normalized spacial score (nSPS) is 18.2. The number of aryl methyl sites for hydroxylation is 1. The van der Waals surface area contributed by atoms with Gasteiger partial charge in [-0.1, -0.05) is 37.3 Å². The Bertz CT molecular complexity index is 1060. The van der Waals surface area contributed by atoms with Gasteiger partial charge in [0.2, 0.25) is 0 Å². The second kappa shape index (κ2) is 10.9. The first-order valence-electron chi connectivity index (χ1n) is 12.7. The number of likely N-dealkylation sites (tertiary alicyclic amines) is 1. The summed E-state index contributed by atoms with van der Waals surface area (Å²) in [6, 6.07) is 13.8. The highest BCUT2D eigenvalue weighted by Gasteiger charge is 2.35. The molecule has 0 aliphatic carbocycles. The van der Waals surface area contributed by atoms with Crippen LogP contribution in [0.2, 0.25) is 0 Å². The maximum absolute atomic E-state index is 13.2. The molecule has 0 radical (unpaired) electrons. The summed E-state index contributed by atoms with van der Waals surface area (Å²) in [4.78, 5) is 34.1.